The number of nitrogens with zero attached hydrogens (tertiary/aromatic N) is 3. The van der Waals surface area contributed by atoms with E-state index in [4.69, 9.17) is 5.84 Å². The highest BCUT2D eigenvalue weighted by Gasteiger charge is 2.09. The van der Waals surface area contributed by atoms with Gasteiger partial charge in [0.1, 0.15) is 6.26 Å². The number of anilines is 2. The molecule has 0 aliphatic carbocycles. The summed E-state index contributed by atoms with van der Waals surface area (Å²) in [6.07, 6.45) is 1.35. The van der Waals surface area contributed by atoms with E-state index in [-0.39, 0.29) is 5.69 Å². The Hall–Kier alpha value is -2.48. The number of aromatic nitrogens is 3. The molecule has 0 spiro atoms. The summed E-state index contributed by atoms with van der Waals surface area (Å²) >= 11 is 0. The van der Waals surface area contributed by atoms with E-state index in [1.165, 1.54) is 24.5 Å². The van der Waals surface area contributed by atoms with E-state index in [1.54, 1.807) is 0 Å². The molecule has 0 aliphatic rings. The maximum absolute atomic E-state index is 11.6. The minimum atomic E-state index is -0.426. The predicted octanol–water partition coefficient (Wildman–Crippen LogP) is 0.00250. The standard InChI is InChI=1S/C8H8N6O2/c9-11-7-2-1-5(12-13-7)8(15)10-6-3-4-16-14-6/h1-4H,9H2,(H,11,13)(H,10,14,15). The van der Waals surface area contributed by atoms with Crippen LogP contribution < -0.4 is 16.6 Å². The number of hydrogen-bond acceptors (Lipinski definition) is 7. The molecule has 2 rings (SSSR count). The van der Waals surface area contributed by atoms with Crippen LogP contribution in [0.5, 0.6) is 0 Å². The van der Waals surface area contributed by atoms with Crippen LogP contribution in [0.15, 0.2) is 29.0 Å². The Morgan fingerprint density at radius 1 is 1.25 bits per heavy atom. The molecule has 4 N–H and O–H groups in total. The molecule has 8 nitrogen and oxygen atoms in total. The zero-order valence-corrected chi connectivity index (χ0v) is 8.04. The van der Waals surface area contributed by atoms with Gasteiger partial charge in [-0.3, -0.25) is 4.79 Å². The number of hydrazine groups is 1. The number of nitrogens with one attached hydrogen (secondary N) is 2. The smallest absolute Gasteiger partial charge is 0.277 e. The largest absolute Gasteiger partial charge is 0.363 e. The molecule has 2 heterocycles. The first-order valence-corrected chi connectivity index (χ1v) is 4.31. The summed E-state index contributed by atoms with van der Waals surface area (Å²) in [7, 11) is 0. The van der Waals surface area contributed by atoms with Gasteiger partial charge in [-0.05, 0) is 12.1 Å². The molecule has 0 saturated carbocycles. The molecule has 0 aliphatic heterocycles. The molecule has 1 amide bonds. The van der Waals surface area contributed by atoms with E-state index in [1.807, 2.05) is 0 Å². The zero-order chi connectivity index (χ0) is 11.4. The van der Waals surface area contributed by atoms with Gasteiger partial charge in [-0.25, -0.2) is 5.84 Å². The molecular weight excluding hydrogens is 212 g/mol. The Morgan fingerprint density at radius 3 is 2.69 bits per heavy atom. The van der Waals surface area contributed by atoms with Gasteiger partial charge < -0.3 is 15.3 Å². The van der Waals surface area contributed by atoms with Crippen molar-refractivity contribution in [2.75, 3.05) is 10.7 Å². The molecular formula is C8H8N6O2. The fourth-order valence-corrected chi connectivity index (χ4v) is 0.988. The molecule has 0 unspecified atom stereocenters. The number of carbonyl (C=O) groups excluding carboxylic acids is 1. The number of rotatable bonds is 3. The first-order chi connectivity index (χ1) is 7.79. The molecule has 82 valence electrons. The van der Waals surface area contributed by atoms with E-state index in [0.29, 0.717) is 11.6 Å². The molecule has 0 saturated heterocycles. The second-order valence-corrected chi connectivity index (χ2v) is 2.79. The molecule has 0 bridgehead atoms. The van der Waals surface area contributed by atoms with Gasteiger partial charge in [0.15, 0.2) is 17.3 Å². The summed E-state index contributed by atoms with van der Waals surface area (Å²) in [6.45, 7) is 0. The first-order valence-electron chi connectivity index (χ1n) is 4.31. The normalized spacial score (nSPS) is 9.81. The van der Waals surface area contributed by atoms with Crippen LogP contribution in [0.3, 0.4) is 0 Å². The van der Waals surface area contributed by atoms with E-state index >= 15 is 0 Å². The SMILES string of the molecule is NNc1ccc(C(=O)Nc2ccon2)nn1. The van der Waals surface area contributed by atoms with Crippen molar-refractivity contribution < 1.29 is 9.32 Å². The fraction of sp³-hybridized carbons (Fsp3) is 0. The highest BCUT2D eigenvalue weighted by molar-refractivity contribution is 6.02. The molecule has 0 atom stereocenters. The van der Waals surface area contributed by atoms with Crippen LogP contribution in [0, 0.1) is 0 Å². The summed E-state index contributed by atoms with van der Waals surface area (Å²) in [4.78, 5) is 11.6. The lowest BCUT2D eigenvalue weighted by atomic mass is 10.3. The minimum absolute atomic E-state index is 0.155. The average molecular weight is 220 g/mol. The molecule has 16 heavy (non-hydrogen) atoms. The van der Waals surface area contributed by atoms with Gasteiger partial charge in [-0.1, -0.05) is 5.16 Å². The molecule has 0 aromatic carbocycles. The summed E-state index contributed by atoms with van der Waals surface area (Å²) in [5, 5.41) is 13.3. The number of nitrogen functional groups attached to an aromatic ring is 1. The third-order valence-electron chi connectivity index (χ3n) is 1.72. The third-order valence-corrected chi connectivity index (χ3v) is 1.72. The summed E-state index contributed by atoms with van der Waals surface area (Å²) in [5.74, 6) is 5.37. The highest BCUT2D eigenvalue weighted by Crippen LogP contribution is 2.05. The van der Waals surface area contributed by atoms with E-state index in [2.05, 4.69) is 30.6 Å². The van der Waals surface area contributed by atoms with E-state index in [0.717, 1.165) is 0 Å². The van der Waals surface area contributed by atoms with Gasteiger partial charge >= 0.3 is 0 Å². The van der Waals surface area contributed by atoms with Crippen molar-refractivity contribution in [2.24, 2.45) is 5.84 Å². The molecule has 0 fully saturated rings. The van der Waals surface area contributed by atoms with Gasteiger partial charge in [0, 0.05) is 6.07 Å². The number of amides is 1. The van der Waals surface area contributed by atoms with E-state index < -0.39 is 5.91 Å². The van der Waals surface area contributed by atoms with Gasteiger partial charge in [0.25, 0.3) is 5.91 Å². The number of carbonyl (C=O) groups is 1. The maximum Gasteiger partial charge on any atom is 0.277 e. The third kappa shape index (κ3) is 2.12. The lowest BCUT2D eigenvalue weighted by Gasteiger charge is -2.00. The molecule has 0 radical (unpaired) electrons. The Labute approximate surface area is 89.8 Å². The van der Waals surface area contributed by atoms with E-state index in [9.17, 15) is 4.79 Å². The van der Waals surface area contributed by atoms with Crippen molar-refractivity contribution in [1.29, 1.82) is 0 Å². The fourth-order valence-electron chi connectivity index (χ4n) is 0.988. The molecule has 2 aromatic heterocycles. The Kier molecular flexibility index (Phi) is 2.74. The van der Waals surface area contributed by atoms with Gasteiger partial charge in [-0.2, -0.15) is 0 Å². The summed E-state index contributed by atoms with van der Waals surface area (Å²) in [6, 6.07) is 4.53. The topological polar surface area (TPSA) is 119 Å². The van der Waals surface area contributed by atoms with Gasteiger partial charge in [0.2, 0.25) is 0 Å². The lowest BCUT2D eigenvalue weighted by Crippen LogP contribution is -2.16. The highest BCUT2D eigenvalue weighted by atomic mass is 16.5. The maximum atomic E-state index is 11.6. The van der Waals surface area contributed by atoms with Crippen LogP contribution in [0.4, 0.5) is 11.6 Å². The Morgan fingerprint density at radius 2 is 2.12 bits per heavy atom. The van der Waals surface area contributed by atoms with Crippen LogP contribution >= 0.6 is 0 Å². The van der Waals surface area contributed by atoms with Crippen molar-refractivity contribution in [1.82, 2.24) is 15.4 Å². The second kappa shape index (κ2) is 4.36. The predicted molar refractivity (Wildman–Crippen MR) is 54.3 cm³/mol. The second-order valence-electron chi connectivity index (χ2n) is 2.79. The van der Waals surface area contributed by atoms with Crippen molar-refractivity contribution in [3.8, 4) is 0 Å². The number of hydrogen-bond donors (Lipinski definition) is 3. The van der Waals surface area contributed by atoms with Crippen molar-refractivity contribution in [2.45, 2.75) is 0 Å². The number of nitrogens with two attached hydrogens (primary N) is 1. The lowest BCUT2D eigenvalue weighted by molar-refractivity contribution is 0.102. The van der Waals surface area contributed by atoms with Crippen molar-refractivity contribution in [3.63, 3.8) is 0 Å². The summed E-state index contributed by atoms with van der Waals surface area (Å²) in [5.41, 5.74) is 2.46. The average Bonchev–Trinajstić information content (AvgIpc) is 2.82. The molecule has 2 aromatic rings. The van der Waals surface area contributed by atoms with Crippen molar-refractivity contribution >= 4 is 17.5 Å². The monoisotopic (exact) mass is 220 g/mol. The first kappa shape index (κ1) is 10.1. The van der Waals surface area contributed by atoms with Crippen molar-refractivity contribution in [3.05, 3.63) is 30.2 Å². The van der Waals surface area contributed by atoms with Crippen LogP contribution in [0.25, 0.3) is 0 Å². The minimum Gasteiger partial charge on any atom is -0.363 e. The van der Waals surface area contributed by atoms with Gasteiger partial charge in [-0.15, -0.1) is 10.2 Å². The summed E-state index contributed by atoms with van der Waals surface area (Å²) < 4.78 is 4.56. The van der Waals surface area contributed by atoms with Crippen LogP contribution in [-0.2, 0) is 0 Å². The van der Waals surface area contributed by atoms with Crippen LogP contribution in [-0.4, -0.2) is 21.3 Å². The quantitative estimate of drug-likeness (QED) is 0.492. The zero-order valence-electron chi connectivity index (χ0n) is 8.04. The van der Waals surface area contributed by atoms with Gasteiger partial charge in [0.05, 0.1) is 0 Å². The van der Waals surface area contributed by atoms with Crippen LogP contribution in [0.2, 0.25) is 0 Å². The Balaban J connectivity index is 2.09. The van der Waals surface area contributed by atoms with Crippen LogP contribution in [0.1, 0.15) is 10.5 Å². The molecule has 8 heteroatoms. The Bertz CT molecular complexity index is 466.